The summed E-state index contributed by atoms with van der Waals surface area (Å²) in [6, 6.07) is 5.29. The Hall–Kier alpha value is -2.17. The molecule has 20 heavy (non-hydrogen) atoms. The fraction of sp³-hybridized carbons (Fsp3) is 0.400. The average molecular weight is 273 g/mol. The molecule has 0 radical (unpaired) electrons. The van der Waals surface area contributed by atoms with Crippen LogP contribution in [0.1, 0.15) is 43.5 Å². The van der Waals surface area contributed by atoms with Crippen LogP contribution < -0.4 is 5.32 Å². The van der Waals surface area contributed by atoms with Crippen LogP contribution in [-0.2, 0) is 0 Å². The number of benzene rings is 1. The van der Waals surface area contributed by atoms with Crippen molar-refractivity contribution in [3.05, 3.63) is 30.1 Å². The number of hydrogen-bond acceptors (Lipinski definition) is 4. The van der Waals surface area contributed by atoms with Crippen molar-refractivity contribution in [2.24, 2.45) is 0 Å². The summed E-state index contributed by atoms with van der Waals surface area (Å²) in [5.41, 5.74) is 0.886. The molecule has 1 aromatic heterocycles. The summed E-state index contributed by atoms with van der Waals surface area (Å²) >= 11 is 0. The van der Waals surface area contributed by atoms with Gasteiger partial charge in [-0.1, -0.05) is 20.3 Å². The standard InChI is InChI=1S/C15H19N3O2/c1-3-5-11(4-2)18-14-12-7-6-10(15(19)20)8-13(12)16-9-17-14/h6-9,11H,3-5H2,1-2H3,(H,19,20)(H,16,17,18). The zero-order chi connectivity index (χ0) is 14.5. The molecule has 5 heteroatoms. The fourth-order valence-corrected chi connectivity index (χ4v) is 2.23. The number of nitrogens with one attached hydrogen (secondary N) is 1. The van der Waals surface area contributed by atoms with Crippen LogP contribution in [0.15, 0.2) is 24.5 Å². The van der Waals surface area contributed by atoms with E-state index in [1.165, 1.54) is 6.33 Å². The molecule has 0 amide bonds. The first-order valence-corrected chi connectivity index (χ1v) is 6.90. The third kappa shape index (κ3) is 3.04. The molecule has 0 aliphatic carbocycles. The van der Waals surface area contributed by atoms with Gasteiger partial charge in [-0.15, -0.1) is 0 Å². The van der Waals surface area contributed by atoms with Crippen molar-refractivity contribution in [2.45, 2.75) is 39.2 Å². The van der Waals surface area contributed by atoms with Crippen LogP contribution >= 0.6 is 0 Å². The molecule has 1 atom stereocenters. The summed E-state index contributed by atoms with van der Waals surface area (Å²) in [5.74, 6) is -0.176. The van der Waals surface area contributed by atoms with Crippen LogP contribution in [0.3, 0.4) is 0 Å². The molecule has 1 aromatic carbocycles. The van der Waals surface area contributed by atoms with E-state index in [9.17, 15) is 4.79 Å². The van der Waals surface area contributed by atoms with Gasteiger partial charge in [-0.3, -0.25) is 0 Å². The van der Waals surface area contributed by atoms with Gasteiger partial charge < -0.3 is 10.4 Å². The summed E-state index contributed by atoms with van der Waals surface area (Å²) < 4.78 is 0. The average Bonchev–Trinajstić information content (AvgIpc) is 2.46. The first-order valence-electron chi connectivity index (χ1n) is 6.90. The van der Waals surface area contributed by atoms with Gasteiger partial charge in [0.15, 0.2) is 0 Å². The molecule has 2 rings (SSSR count). The largest absolute Gasteiger partial charge is 0.478 e. The van der Waals surface area contributed by atoms with Gasteiger partial charge in [-0.25, -0.2) is 14.8 Å². The van der Waals surface area contributed by atoms with Crippen LogP contribution in [0.2, 0.25) is 0 Å². The van der Waals surface area contributed by atoms with Crippen molar-refractivity contribution >= 4 is 22.7 Å². The van der Waals surface area contributed by atoms with E-state index in [1.807, 2.05) is 0 Å². The lowest BCUT2D eigenvalue weighted by atomic mass is 10.1. The summed E-state index contributed by atoms with van der Waals surface area (Å²) in [5, 5.41) is 13.3. The van der Waals surface area contributed by atoms with Crippen LogP contribution in [0.5, 0.6) is 0 Å². The Labute approximate surface area is 118 Å². The van der Waals surface area contributed by atoms with Crippen molar-refractivity contribution < 1.29 is 9.90 Å². The summed E-state index contributed by atoms with van der Waals surface area (Å²) in [7, 11) is 0. The van der Waals surface area contributed by atoms with Crippen molar-refractivity contribution in [2.75, 3.05) is 5.32 Å². The molecule has 0 fully saturated rings. The molecule has 0 saturated heterocycles. The highest BCUT2D eigenvalue weighted by Crippen LogP contribution is 2.22. The van der Waals surface area contributed by atoms with E-state index in [0.29, 0.717) is 11.6 Å². The molecule has 2 aromatic rings. The number of carbonyl (C=O) groups is 1. The summed E-state index contributed by atoms with van der Waals surface area (Å²) in [6.07, 6.45) is 4.67. The van der Waals surface area contributed by atoms with Crippen LogP contribution in [-0.4, -0.2) is 27.1 Å². The Bertz CT molecular complexity index is 613. The molecule has 0 aliphatic rings. The lowest BCUT2D eigenvalue weighted by molar-refractivity contribution is 0.0697. The van der Waals surface area contributed by atoms with Crippen LogP contribution in [0, 0.1) is 0 Å². The van der Waals surface area contributed by atoms with Gasteiger partial charge >= 0.3 is 5.97 Å². The number of carboxylic acids is 1. The molecule has 1 unspecified atom stereocenters. The number of rotatable bonds is 6. The van der Waals surface area contributed by atoms with E-state index in [0.717, 1.165) is 30.5 Å². The zero-order valence-electron chi connectivity index (χ0n) is 11.8. The van der Waals surface area contributed by atoms with Crippen LogP contribution in [0.4, 0.5) is 5.82 Å². The van der Waals surface area contributed by atoms with Crippen LogP contribution in [0.25, 0.3) is 10.9 Å². The van der Waals surface area contributed by atoms with Gasteiger partial charge in [-0.05, 0) is 31.0 Å². The highest BCUT2D eigenvalue weighted by atomic mass is 16.4. The fourth-order valence-electron chi connectivity index (χ4n) is 2.23. The number of nitrogens with zero attached hydrogens (tertiary/aromatic N) is 2. The van der Waals surface area contributed by atoms with Crippen molar-refractivity contribution in [1.82, 2.24) is 9.97 Å². The zero-order valence-corrected chi connectivity index (χ0v) is 11.8. The van der Waals surface area contributed by atoms with Gasteiger partial charge in [0.05, 0.1) is 11.1 Å². The molecule has 0 spiro atoms. The number of fused-ring (bicyclic) bond motifs is 1. The SMILES string of the molecule is CCCC(CC)Nc1ncnc2cc(C(=O)O)ccc12. The quantitative estimate of drug-likeness (QED) is 0.844. The molecule has 0 saturated carbocycles. The van der Waals surface area contributed by atoms with E-state index in [4.69, 9.17) is 5.11 Å². The molecule has 2 N–H and O–H groups in total. The van der Waals surface area contributed by atoms with Gasteiger partial charge in [0.1, 0.15) is 12.1 Å². The second kappa shape index (κ2) is 6.32. The Morgan fingerprint density at radius 3 is 2.80 bits per heavy atom. The third-order valence-electron chi connectivity index (χ3n) is 3.35. The highest BCUT2D eigenvalue weighted by Gasteiger charge is 2.11. The molecule has 106 valence electrons. The predicted molar refractivity (Wildman–Crippen MR) is 79.1 cm³/mol. The number of aromatic carboxylic acids is 1. The van der Waals surface area contributed by atoms with E-state index in [1.54, 1.807) is 18.2 Å². The lowest BCUT2D eigenvalue weighted by Crippen LogP contribution is -2.19. The van der Waals surface area contributed by atoms with E-state index >= 15 is 0 Å². The number of hydrogen-bond donors (Lipinski definition) is 2. The summed E-state index contributed by atoms with van der Waals surface area (Å²) in [4.78, 5) is 19.4. The van der Waals surface area contributed by atoms with Crippen molar-refractivity contribution in [3.63, 3.8) is 0 Å². The highest BCUT2D eigenvalue weighted by molar-refractivity contribution is 5.96. The van der Waals surface area contributed by atoms with Gasteiger partial charge in [0.2, 0.25) is 0 Å². The molecule has 5 nitrogen and oxygen atoms in total. The second-order valence-electron chi connectivity index (χ2n) is 4.80. The van der Waals surface area contributed by atoms with E-state index < -0.39 is 5.97 Å². The Kier molecular flexibility index (Phi) is 4.50. The van der Waals surface area contributed by atoms with Crippen molar-refractivity contribution in [1.29, 1.82) is 0 Å². The van der Waals surface area contributed by atoms with E-state index in [-0.39, 0.29) is 5.56 Å². The normalized spacial score (nSPS) is 12.3. The van der Waals surface area contributed by atoms with Gasteiger partial charge in [0, 0.05) is 11.4 Å². The minimum absolute atomic E-state index is 0.239. The van der Waals surface area contributed by atoms with Gasteiger partial charge in [-0.2, -0.15) is 0 Å². The Morgan fingerprint density at radius 1 is 1.35 bits per heavy atom. The lowest BCUT2D eigenvalue weighted by Gasteiger charge is -2.17. The monoisotopic (exact) mass is 273 g/mol. The molecule has 0 aliphatic heterocycles. The maximum absolute atomic E-state index is 11.0. The predicted octanol–water partition coefficient (Wildman–Crippen LogP) is 3.32. The molecular weight excluding hydrogens is 254 g/mol. The number of aromatic nitrogens is 2. The van der Waals surface area contributed by atoms with E-state index in [2.05, 4.69) is 29.1 Å². The van der Waals surface area contributed by atoms with Crippen molar-refractivity contribution in [3.8, 4) is 0 Å². The third-order valence-corrected chi connectivity index (χ3v) is 3.35. The minimum atomic E-state index is -0.947. The molecular formula is C15H19N3O2. The first-order chi connectivity index (χ1) is 9.65. The maximum atomic E-state index is 11.0. The molecule has 0 bridgehead atoms. The molecule has 1 heterocycles. The summed E-state index contributed by atoms with van der Waals surface area (Å²) in [6.45, 7) is 4.29. The Morgan fingerprint density at radius 2 is 2.15 bits per heavy atom. The minimum Gasteiger partial charge on any atom is -0.478 e. The van der Waals surface area contributed by atoms with Gasteiger partial charge in [0.25, 0.3) is 0 Å². The second-order valence-corrected chi connectivity index (χ2v) is 4.80. The smallest absolute Gasteiger partial charge is 0.335 e. The maximum Gasteiger partial charge on any atom is 0.335 e. The number of anilines is 1. The Balaban J connectivity index is 2.36. The first kappa shape index (κ1) is 14.2. The number of carboxylic acid groups (broad SMARTS) is 1. The topological polar surface area (TPSA) is 75.1 Å².